The molecule has 0 aromatic heterocycles. The van der Waals surface area contributed by atoms with Gasteiger partial charge in [-0.25, -0.2) is 0 Å². The van der Waals surface area contributed by atoms with E-state index in [0.717, 1.165) is 43.2 Å². The summed E-state index contributed by atoms with van der Waals surface area (Å²) in [4.78, 5) is 41.4. The number of nitrogens with one attached hydrogen (secondary N) is 2. The summed E-state index contributed by atoms with van der Waals surface area (Å²) < 4.78 is 0. The van der Waals surface area contributed by atoms with Gasteiger partial charge in [0.25, 0.3) is 0 Å². The first-order valence-electron chi connectivity index (χ1n) is 12.7. The monoisotopic (exact) mass is 512 g/mol. The number of likely N-dealkylation sites (tertiary alicyclic amines) is 1. The summed E-state index contributed by atoms with van der Waals surface area (Å²) in [7, 11) is 0. The Labute approximate surface area is 219 Å². The van der Waals surface area contributed by atoms with E-state index in [4.69, 9.17) is 5.73 Å². The maximum atomic E-state index is 13.7. The summed E-state index contributed by atoms with van der Waals surface area (Å²) >= 11 is 0. The number of carbonyl (C=O) groups excluding carboxylic acids is 3. The third kappa shape index (κ3) is 6.45. The lowest BCUT2D eigenvalue weighted by Gasteiger charge is -2.32. The molecule has 1 aliphatic heterocycles. The van der Waals surface area contributed by atoms with Gasteiger partial charge in [-0.1, -0.05) is 73.5 Å². The number of amides is 3. The quantitative estimate of drug-likeness (QED) is 0.504. The van der Waals surface area contributed by atoms with Crippen molar-refractivity contribution in [1.29, 1.82) is 0 Å². The molecule has 2 aliphatic rings. The standard InChI is InChI=1S/C28H36N4O3.ClH/c1-19(29)26(33)31-25(22-15-8-9-16-22)28(35)32-18-10-17-23(32)27(34)30-24(20-11-4-2-5-12-20)21-13-6-3-7-14-21;/h2-7,11-14,19,22-25H,8-10,15-18,29H2,1H3,(H,30,34)(H,31,33);1H/t19-,23-,25-;/m0./s1. The topological polar surface area (TPSA) is 105 Å². The lowest BCUT2D eigenvalue weighted by molar-refractivity contribution is -0.142. The second-order valence-corrected chi connectivity index (χ2v) is 9.77. The third-order valence-corrected chi connectivity index (χ3v) is 7.24. The molecule has 0 radical (unpaired) electrons. The van der Waals surface area contributed by atoms with E-state index >= 15 is 0 Å². The third-order valence-electron chi connectivity index (χ3n) is 7.24. The van der Waals surface area contributed by atoms with Crippen LogP contribution < -0.4 is 16.4 Å². The van der Waals surface area contributed by atoms with E-state index in [0.29, 0.717) is 13.0 Å². The van der Waals surface area contributed by atoms with Crippen molar-refractivity contribution in [3.63, 3.8) is 0 Å². The Morgan fingerprint density at radius 1 is 0.861 bits per heavy atom. The van der Waals surface area contributed by atoms with E-state index < -0.39 is 18.1 Å². The lowest BCUT2D eigenvalue weighted by Crippen LogP contribution is -2.57. The van der Waals surface area contributed by atoms with Crippen LogP contribution in [0.1, 0.15) is 62.6 Å². The van der Waals surface area contributed by atoms with Gasteiger partial charge in [0.1, 0.15) is 12.1 Å². The van der Waals surface area contributed by atoms with Crippen LogP contribution >= 0.6 is 12.4 Å². The molecule has 2 fully saturated rings. The molecule has 194 valence electrons. The average Bonchev–Trinajstić information content (AvgIpc) is 3.59. The van der Waals surface area contributed by atoms with Gasteiger partial charge in [-0.15, -0.1) is 12.4 Å². The highest BCUT2D eigenvalue weighted by atomic mass is 35.5. The summed E-state index contributed by atoms with van der Waals surface area (Å²) in [6.45, 7) is 2.13. The van der Waals surface area contributed by atoms with Crippen LogP contribution in [0, 0.1) is 5.92 Å². The number of nitrogens with zero attached hydrogens (tertiary/aromatic N) is 1. The van der Waals surface area contributed by atoms with Gasteiger partial charge >= 0.3 is 0 Å². The molecule has 4 rings (SSSR count). The lowest BCUT2D eigenvalue weighted by atomic mass is 9.95. The van der Waals surface area contributed by atoms with Crippen molar-refractivity contribution < 1.29 is 14.4 Å². The molecule has 3 atom stereocenters. The summed E-state index contributed by atoms with van der Waals surface area (Å²) in [5.74, 6) is -0.587. The Morgan fingerprint density at radius 2 is 1.42 bits per heavy atom. The zero-order valence-corrected chi connectivity index (χ0v) is 21.6. The van der Waals surface area contributed by atoms with Crippen LogP contribution in [0.2, 0.25) is 0 Å². The second-order valence-electron chi connectivity index (χ2n) is 9.77. The molecule has 1 saturated carbocycles. The summed E-state index contributed by atoms with van der Waals surface area (Å²) in [6.07, 6.45) is 5.23. The Kier molecular flexibility index (Phi) is 9.90. The molecule has 0 unspecified atom stereocenters. The maximum Gasteiger partial charge on any atom is 0.246 e. The molecule has 8 heteroatoms. The van der Waals surface area contributed by atoms with Crippen molar-refractivity contribution in [1.82, 2.24) is 15.5 Å². The van der Waals surface area contributed by atoms with Crippen molar-refractivity contribution in [3.05, 3.63) is 71.8 Å². The molecule has 1 saturated heterocycles. The number of rotatable bonds is 8. The van der Waals surface area contributed by atoms with Gasteiger partial charge in [0.15, 0.2) is 0 Å². The van der Waals surface area contributed by atoms with Gasteiger partial charge < -0.3 is 21.3 Å². The van der Waals surface area contributed by atoms with E-state index in [1.165, 1.54) is 0 Å². The number of nitrogens with two attached hydrogens (primary N) is 1. The van der Waals surface area contributed by atoms with Gasteiger partial charge in [-0.05, 0) is 49.7 Å². The highest BCUT2D eigenvalue weighted by Crippen LogP contribution is 2.31. The molecule has 36 heavy (non-hydrogen) atoms. The summed E-state index contributed by atoms with van der Waals surface area (Å²) in [6, 6.07) is 17.5. The molecule has 3 amide bonds. The van der Waals surface area contributed by atoms with Crippen molar-refractivity contribution in [2.45, 2.75) is 69.6 Å². The zero-order valence-electron chi connectivity index (χ0n) is 20.8. The minimum absolute atomic E-state index is 0. The van der Waals surface area contributed by atoms with Crippen LogP contribution in [-0.2, 0) is 14.4 Å². The first-order chi connectivity index (χ1) is 17.0. The fourth-order valence-electron chi connectivity index (χ4n) is 5.33. The van der Waals surface area contributed by atoms with Gasteiger partial charge in [-0.3, -0.25) is 14.4 Å². The van der Waals surface area contributed by atoms with E-state index in [9.17, 15) is 14.4 Å². The highest BCUT2D eigenvalue weighted by molar-refractivity contribution is 5.93. The molecule has 1 aliphatic carbocycles. The summed E-state index contributed by atoms with van der Waals surface area (Å²) in [5, 5.41) is 6.10. The van der Waals surface area contributed by atoms with Crippen molar-refractivity contribution >= 4 is 30.1 Å². The zero-order chi connectivity index (χ0) is 24.8. The normalized spacial score (nSPS) is 19.4. The second kappa shape index (κ2) is 12.9. The first-order valence-corrected chi connectivity index (χ1v) is 12.7. The fraction of sp³-hybridized carbons (Fsp3) is 0.464. The predicted octanol–water partition coefficient (Wildman–Crippen LogP) is 3.33. The minimum Gasteiger partial charge on any atom is -0.343 e. The van der Waals surface area contributed by atoms with Crippen LogP contribution in [0.15, 0.2) is 60.7 Å². The molecule has 4 N–H and O–H groups in total. The Hall–Kier alpha value is -2.90. The van der Waals surface area contributed by atoms with E-state index in [2.05, 4.69) is 10.6 Å². The SMILES string of the molecule is C[C@H](N)C(=O)N[C@H](C(=O)N1CCC[C@H]1C(=O)NC(c1ccccc1)c1ccccc1)C1CCCC1.Cl. The van der Waals surface area contributed by atoms with Crippen LogP contribution in [0.4, 0.5) is 0 Å². The van der Waals surface area contributed by atoms with Gasteiger partial charge in [0.2, 0.25) is 17.7 Å². The number of hydrogen-bond donors (Lipinski definition) is 3. The van der Waals surface area contributed by atoms with Crippen molar-refractivity contribution in [3.8, 4) is 0 Å². The molecule has 0 bridgehead atoms. The Morgan fingerprint density at radius 3 is 1.94 bits per heavy atom. The van der Waals surface area contributed by atoms with Crippen LogP contribution in [0.25, 0.3) is 0 Å². The Balaban J connectivity index is 0.00000361. The first kappa shape index (κ1) is 27.7. The number of hydrogen-bond acceptors (Lipinski definition) is 4. The molecule has 2 aromatic carbocycles. The average molecular weight is 513 g/mol. The molecular formula is C28H37ClN4O3. The van der Waals surface area contributed by atoms with Gasteiger partial charge in [-0.2, -0.15) is 0 Å². The minimum atomic E-state index is -0.693. The van der Waals surface area contributed by atoms with E-state index in [1.54, 1.807) is 11.8 Å². The smallest absolute Gasteiger partial charge is 0.246 e. The molecule has 1 heterocycles. The largest absolute Gasteiger partial charge is 0.343 e. The fourth-order valence-corrected chi connectivity index (χ4v) is 5.33. The van der Waals surface area contributed by atoms with Gasteiger partial charge in [0, 0.05) is 6.54 Å². The number of benzene rings is 2. The van der Waals surface area contributed by atoms with Crippen LogP contribution in [-0.4, -0.2) is 47.3 Å². The molecular weight excluding hydrogens is 476 g/mol. The van der Waals surface area contributed by atoms with Gasteiger partial charge in [0.05, 0.1) is 12.1 Å². The molecule has 0 spiro atoms. The van der Waals surface area contributed by atoms with Crippen LogP contribution in [0.3, 0.4) is 0 Å². The van der Waals surface area contributed by atoms with E-state index in [1.807, 2.05) is 60.7 Å². The Bertz CT molecular complexity index is 972. The maximum absolute atomic E-state index is 13.7. The van der Waals surface area contributed by atoms with Crippen LogP contribution in [0.5, 0.6) is 0 Å². The summed E-state index contributed by atoms with van der Waals surface area (Å²) in [5.41, 5.74) is 7.74. The van der Waals surface area contributed by atoms with Crippen molar-refractivity contribution in [2.24, 2.45) is 11.7 Å². The highest BCUT2D eigenvalue weighted by Gasteiger charge is 2.41. The predicted molar refractivity (Wildman–Crippen MR) is 142 cm³/mol. The molecule has 2 aromatic rings. The number of halogens is 1. The molecule has 7 nitrogen and oxygen atoms in total. The van der Waals surface area contributed by atoms with Crippen molar-refractivity contribution in [2.75, 3.05) is 6.54 Å². The van der Waals surface area contributed by atoms with E-state index in [-0.39, 0.29) is 42.1 Å². The number of carbonyl (C=O) groups is 3.